The summed E-state index contributed by atoms with van der Waals surface area (Å²) < 4.78 is 38.0. The van der Waals surface area contributed by atoms with Gasteiger partial charge in [0.1, 0.15) is 5.82 Å². The molecule has 2 aliphatic heterocycles. The van der Waals surface area contributed by atoms with Gasteiger partial charge in [-0.1, -0.05) is 12.8 Å². The standard InChI is InChI=1S/C20H27F3N4O/c21-20(22,23)15-4-5-17(25-12-15)27-9-6-16(7-10-27)26-18(28)19-8-2-1-3-14(19)11-24-13-19/h4-5,12,14,16,24H,1-3,6-11,13H2,(H,26,28)/t14-,19+/m0/s1. The molecule has 2 saturated heterocycles. The van der Waals surface area contributed by atoms with Crippen molar-refractivity contribution in [3.05, 3.63) is 23.9 Å². The van der Waals surface area contributed by atoms with Crippen LogP contribution in [0.5, 0.6) is 0 Å². The van der Waals surface area contributed by atoms with Crippen molar-refractivity contribution in [1.29, 1.82) is 0 Å². The number of pyridine rings is 1. The summed E-state index contributed by atoms with van der Waals surface area (Å²) in [5.74, 6) is 1.19. The number of rotatable bonds is 3. The minimum Gasteiger partial charge on any atom is -0.356 e. The number of carbonyl (C=O) groups is 1. The maximum atomic E-state index is 13.1. The smallest absolute Gasteiger partial charge is 0.356 e. The number of hydrogen-bond donors (Lipinski definition) is 2. The monoisotopic (exact) mass is 396 g/mol. The van der Waals surface area contributed by atoms with Gasteiger partial charge in [-0.3, -0.25) is 4.79 Å². The molecule has 2 N–H and O–H groups in total. The summed E-state index contributed by atoms with van der Waals surface area (Å²) in [6.45, 7) is 3.07. The van der Waals surface area contributed by atoms with E-state index < -0.39 is 11.7 Å². The van der Waals surface area contributed by atoms with Crippen molar-refractivity contribution in [2.45, 2.75) is 50.7 Å². The van der Waals surface area contributed by atoms with E-state index in [1.165, 1.54) is 12.5 Å². The first-order valence-corrected chi connectivity index (χ1v) is 10.2. The molecule has 1 aliphatic carbocycles. The third-order valence-electron chi connectivity index (χ3n) is 6.72. The molecule has 4 rings (SSSR count). The molecule has 5 nitrogen and oxygen atoms in total. The third-order valence-corrected chi connectivity index (χ3v) is 6.72. The molecule has 0 aromatic carbocycles. The van der Waals surface area contributed by atoms with Gasteiger partial charge in [0.25, 0.3) is 0 Å². The predicted octanol–water partition coefficient (Wildman–Crippen LogP) is 2.97. The maximum Gasteiger partial charge on any atom is 0.417 e. The summed E-state index contributed by atoms with van der Waals surface area (Å²) in [5.41, 5.74) is -0.977. The van der Waals surface area contributed by atoms with Crippen LogP contribution >= 0.6 is 0 Å². The molecule has 1 saturated carbocycles. The fourth-order valence-corrected chi connectivity index (χ4v) is 5.01. The molecule has 3 heterocycles. The van der Waals surface area contributed by atoms with Gasteiger partial charge in [-0.05, 0) is 50.3 Å². The number of fused-ring (bicyclic) bond motifs is 1. The van der Waals surface area contributed by atoms with Gasteiger partial charge in [0, 0.05) is 31.9 Å². The van der Waals surface area contributed by atoms with E-state index in [1.807, 2.05) is 4.90 Å². The molecule has 2 atom stereocenters. The van der Waals surface area contributed by atoms with Gasteiger partial charge in [0.05, 0.1) is 11.0 Å². The lowest BCUT2D eigenvalue weighted by molar-refractivity contribution is -0.138. The summed E-state index contributed by atoms with van der Waals surface area (Å²) in [4.78, 5) is 19.0. The first kappa shape index (κ1) is 19.5. The van der Waals surface area contributed by atoms with Gasteiger partial charge in [0.2, 0.25) is 5.91 Å². The number of piperidine rings is 1. The summed E-state index contributed by atoms with van der Waals surface area (Å²) in [5, 5.41) is 6.69. The Labute approximate surface area is 163 Å². The van der Waals surface area contributed by atoms with Crippen molar-refractivity contribution in [2.24, 2.45) is 11.3 Å². The highest BCUT2D eigenvalue weighted by atomic mass is 19.4. The second kappa shape index (κ2) is 7.54. The Morgan fingerprint density at radius 1 is 1.21 bits per heavy atom. The van der Waals surface area contributed by atoms with E-state index in [2.05, 4.69) is 15.6 Å². The van der Waals surface area contributed by atoms with Crippen molar-refractivity contribution >= 4 is 11.7 Å². The molecular weight excluding hydrogens is 369 g/mol. The summed E-state index contributed by atoms with van der Waals surface area (Å²) >= 11 is 0. The molecule has 0 unspecified atom stereocenters. The molecule has 1 aromatic heterocycles. The second-order valence-corrected chi connectivity index (χ2v) is 8.37. The highest BCUT2D eigenvalue weighted by Crippen LogP contribution is 2.44. The molecule has 0 radical (unpaired) electrons. The van der Waals surface area contributed by atoms with Crippen molar-refractivity contribution in [3.8, 4) is 0 Å². The number of carbonyl (C=O) groups excluding carboxylic acids is 1. The normalized spacial score (nSPS) is 28.8. The van der Waals surface area contributed by atoms with Crippen LogP contribution in [0.3, 0.4) is 0 Å². The molecule has 0 bridgehead atoms. The van der Waals surface area contributed by atoms with Crippen LogP contribution in [-0.2, 0) is 11.0 Å². The largest absolute Gasteiger partial charge is 0.417 e. The van der Waals surface area contributed by atoms with Gasteiger partial charge in [-0.2, -0.15) is 13.2 Å². The Hall–Kier alpha value is -1.83. The van der Waals surface area contributed by atoms with Gasteiger partial charge < -0.3 is 15.5 Å². The van der Waals surface area contributed by atoms with Crippen LogP contribution in [0.2, 0.25) is 0 Å². The molecule has 3 aliphatic rings. The molecule has 8 heteroatoms. The van der Waals surface area contributed by atoms with Crippen molar-refractivity contribution < 1.29 is 18.0 Å². The van der Waals surface area contributed by atoms with Crippen LogP contribution in [0.4, 0.5) is 19.0 Å². The first-order valence-electron chi connectivity index (χ1n) is 10.2. The first-order chi connectivity index (χ1) is 13.4. The minimum atomic E-state index is -4.37. The number of anilines is 1. The Bertz CT molecular complexity index is 700. The zero-order chi connectivity index (χ0) is 19.8. The van der Waals surface area contributed by atoms with Crippen LogP contribution in [-0.4, -0.2) is 43.1 Å². The minimum absolute atomic E-state index is 0.121. The number of nitrogens with one attached hydrogen (secondary N) is 2. The van der Waals surface area contributed by atoms with E-state index in [-0.39, 0.29) is 17.4 Å². The Morgan fingerprint density at radius 2 is 2.00 bits per heavy atom. The number of amides is 1. The topological polar surface area (TPSA) is 57.3 Å². The van der Waals surface area contributed by atoms with Gasteiger partial charge in [0.15, 0.2) is 0 Å². The summed E-state index contributed by atoms with van der Waals surface area (Å²) in [6.07, 6.45) is 2.49. The van der Waals surface area contributed by atoms with E-state index in [0.717, 1.165) is 57.5 Å². The molecule has 1 amide bonds. The number of alkyl halides is 3. The lowest BCUT2D eigenvalue weighted by atomic mass is 9.67. The molecule has 28 heavy (non-hydrogen) atoms. The van der Waals surface area contributed by atoms with Crippen molar-refractivity contribution in [2.75, 3.05) is 31.1 Å². The Balaban J connectivity index is 1.32. The molecule has 3 fully saturated rings. The molecule has 0 spiro atoms. The van der Waals surface area contributed by atoms with Crippen LogP contribution < -0.4 is 15.5 Å². The van der Waals surface area contributed by atoms with Crippen LogP contribution in [0.1, 0.15) is 44.1 Å². The quantitative estimate of drug-likeness (QED) is 0.825. The number of aromatic nitrogens is 1. The van der Waals surface area contributed by atoms with E-state index in [1.54, 1.807) is 0 Å². The van der Waals surface area contributed by atoms with Crippen molar-refractivity contribution in [1.82, 2.24) is 15.6 Å². The third kappa shape index (κ3) is 3.71. The van der Waals surface area contributed by atoms with Crippen LogP contribution in [0.15, 0.2) is 18.3 Å². The molecule has 154 valence electrons. The van der Waals surface area contributed by atoms with E-state index >= 15 is 0 Å². The average molecular weight is 396 g/mol. The Kier molecular flexibility index (Phi) is 5.24. The SMILES string of the molecule is O=C(NC1CCN(c2ccc(C(F)(F)F)cn2)CC1)[C@@]12CCCC[C@H]1CNC2. The van der Waals surface area contributed by atoms with Crippen molar-refractivity contribution in [3.63, 3.8) is 0 Å². The summed E-state index contributed by atoms with van der Waals surface area (Å²) in [7, 11) is 0. The summed E-state index contributed by atoms with van der Waals surface area (Å²) in [6, 6.07) is 2.62. The van der Waals surface area contributed by atoms with E-state index in [4.69, 9.17) is 0 Å². The van der Waals surface area contributed by atoms with E-state index in [0.29, 0.717) is 24.8 Å². The highest BCUT2D eigenvalue weighted by molar-refractivity contribution is 5.84. The Morgan fingerprint density at radius 3 is 2.68 bits per heavy atom. The number of halogens is 3. The van der Waals surface area contributed by atoms with Gasteiger partial charge in [-0.15, -0.1) is 0 Å². The second-order valence-electron chi connectivity index (χ2n) is 8.37. The molecule has 1 aromatic rings. The zero-order valence-electron chi connectivity index (χ0n) is 15.9. The van der Waals surface area contributed by atoms with Gasteiger partial charge in [-0.25, -0.2) is 4.98 Å². The fourth-order valence-electron chi connectivity index (χ4n) is 5.01. The molecular formula is C20H27F3N4O. The maximum absolute atomic E-state index is 13.1. The highest BCUT2D eigenvalue weighted by Gasteiger charge is 2.50. The van der Waals surface area contributed by atoms with Crippen LogP contribution in [0.25, 0.3) is 0 Å². The number of nitrogens with zero attached hydrogens (tertiary/aromatic N) is 2. The van der Waals surface area contributed by atoms with E-state index in [9.17, 15) is 18.0 Å². The number of hydrogen-bond acceptors (Lipinski definition) is 4. The van der Waals surface area contributed by atoms with Crippen LogP contribution in [0, 0.1) is 11.3 Å². The average Bonchev–Trinajstić information content (AvgIpc) is 3.13. The predicted molar refractivity (Wildman–Crippen MR) is 99.9 cm³/mol. The fraction of sp³-hybridized carbons (Fsp3) is 0.700. The lowest BCUT2D eigenvalue weighted by Gasteiger charge is -2.40. The lowest BCUT2D eigenvalue weighted by Crippen LogP contribution is -2.53. The zero-order valence-corrected chi connectivity index (χ0v) is 15.9. The van der Waals surface area contributed by atoms with Gasteiger partial charge >= 0.3 is 6.18 Å².